The second-order valence-electron chi connectivity index (χ2n) is 7.35. The molecule has 2 atom stereocenters. The quantitative estimate of drug-likeness (QED) is 0.830. The first-order valence-electron chi connectivity index (χ1n) is 9.81. The zero-order valence-corrected chi connectivity index (χ0v) is 17.2. The van der Waals surface area contributed by atoms with E-state index in [0.717, 1.165) is 45.0 Å². The zero-order valence-electron chi connectivity index (χ0n) is 16.4. The van der Waals surface area contributed by atoms with Gasteiger partial charge in [0.2, 0.25) is 5.95 Å². The van der Waals surface area contributed by atoms with Crippen molar-refractivity contribution in [1.82, 2.24) is 14.9 Å². The molecular formula is C20H27N5O2S. The van der Waals surface area contributed by atoms with Crippen LogP contribution in [0, 0.1) is 4.78 Å². The van der Waals surface area contributed by atoms with Gasteiger partial charge in [-0.3, -0.25) is 4.90 Å². The fourth-order valence-corrected chi connectivity index (χ4v) is 4.55. The molecule has 4 rings (SSSR count). The number of aromatic nitrogens is 2. The molecule has 2 unspecified atom stereocenters. The summed E-state index contributed by atoms with van der Waals surface area (Å²) in [6, 6.07) is 6.93. The number of hydrogen-bond donors (Lipinski definition) is 1. The van der Waals surface area contributed by atoms with Crippen LogP contribution in [0.25, 0.3) is 0 Å². The van der Waals surface area contributed by atoms with E-state index in [1.54, 1.807) is 19.3 Å². The minimum atomic E-state index is -2.76. The van der Waals surface area contributed by atoms with Crippen LogP contribution in [0.3, 0.4) is 0 Å². The third-order valence-corrected chi connectivity index (χ3v) is 7.53. The Morgan fingerprint density at radius 3 is 2.61 bits per heavy atom. The van der Waals surface area contributed by atoms with Gasteiger partial charge in [0.05, 0.1) is 21.2 Å². The molecule has 0 amide bonds. The molecule has 3 heterocycles. The lowest BCUT2D eigenvalue weighted by Gasteiger charge is -2.38. The molecule has 0 bridgehead atoms. The number of rotatable bonds is 5. The van der Waals surface area contributed by atoms with Gasteiger partial charge in [-0.05, 0) is 24.1 Å². The normalized spacial score (nSPS) is 20.3. The first-order valence-corrected chi connectivity index (χ1v) is 11.5. The highest BCUT2D eigenvalue weighted by Gasteiger charge is 2.25. The Morgan fingerprint density at radius 1 is 1.21 bits per heavy atom. The van der Waals surface area contributed by atoms with Crippen LogP contribution in [0.15, 0.2) is 35.5 Å². The number of hydrogen-bond acceptors (Lipinski definition) is 7. The Bertz CT molecular complexity index is 938. The molecule has 0 spiro atoms. The molecular weight excluding hydrogens is 374 g/mol. The van der Waals surface area contributed by atoms with Crippen molar-refractivity contribution in [2.45, 2.75) is 31.2 Å². The molecule has 0 aliphatic carbocycles. The predicted octanol–water partition coefficient (Wildman–Crippen LogP) is 2.72. The van der Waals surface area contributed by atoms with E-state index in [1.807, 2.05) is 0 Å². The van der Waals surface area contributed by atoms with E-state index in [0.29, 0.717) is 16.9 Å². The predicted molar refractivity (Wildman–Crippen MR) is 110 cm³/mol. The van der Waals surface area contributed by atoms with Crippen LogP contribution in [0.1, 0.15) is 31.0 Å². The minimum absolute atomic E-state index is 0.278. The summed E-state index contributed by atoms with van der Waals surface area (Å²) < 4.78 is 25.7. The Kier molecular flexibility index (Phi) is 5.25. The molecule has 1 aromatic carbocycles. The number of benzene rings is 1. The summed E-state index contributed by atoms with van der Waals surface area (Å²) in [7, 11) is -2.76. The molecule has 0 radical (unpaired) electrons. The van der Waals surface area contributed by atoms with Crippen LogP contribution >= 0.6 is 0 Å². The monoisotopic (exact) mass is 401 g/mol. The standard InChI is InChI=1S/C20H27N5O2S/c1-3-28(21,26)18-13-22-20(23-14-18)25-9-7-24(8-10-25)15(2)17-5-4-16-6-11-27-19(16)12-17/h4-5,12-15,21H,3,6-11H2,1-2H3. The molecule has 1 N–H and O–H groups in total. The van der Waals surface area contributed by atoms with E-state index in [4.69, 9.17) is 9.52 Å². The van der Waals surface area contributed by atoms with Gasteiger partial charge >= 0.3 is 0 Å². The average Bonchev–Trinajstić information content (AvgIpc) is 3.21. The summed E-state index contributed by atoms with van der Waals surface area (Å²) in [6.45, 7) is 8.31. The third-order valence-electron chi connectivity index (χ3n) is 5.75. The van der Waals surface area contributed by atoms with Crippen molar-refractivity contribution in [3.05, 3.63) is 41.7 Å². The van der Waals surface area contributed by atoms with Crippen LogP contribution in [0.2, 0.25) is 0 Å². The fraction of sp³-hybridized carbons (Fsp3) is 0.500. The highest BCUT2D eigenvalue weighted by molar-refractivity contribution is 7.92. The molecule has 0 saturated carbocycles. The van der Waals surface area contributed by atoms with Crippen LogP contribution in [-0.4, -0.2) is 57.6 Å². The van der Waals surface area contributed by atoms with Gasteiger partial charge in [-0.25, -0.2) is 19.0 Å². The maximum Gasteiger partial charge on any atom is 0.225 e. The first kappa shape index (κ1) is 19.1. The van der Waals surface area contributed by atoms with E-state index in [1.165, 1.54) is 11.1 Å². The first-order chi connectivity index (χ1) is 13.5. The van der Waals surface area contributed by atoms with Gasteiger partial charge in [-0.1, -0.05) is 19.1 Å². The van der Waals surface area contributed by atoms with Gasteiger partial charge in [0, 0.05) is 56.8 Å². The smallest absolute Gasteiger partial charge is 0.225 e. The average molecular weight is 402 g/mol. The summed E-state index contributed by atoms with van der Waals surface area (Å²) in [5.74, 6) is 1.96. The van der Waals surface area contributed by atoms with Crippen molar-refractivity contribution in [2.75, 3.05) is 43.4 Å². The van der Waals surface area contributed by atoms with Crippen molar-refractivity contribution in [3.8, 4) is 5.75 Å². The highest BCUT2D eigenvalue weighted by Crippen LogP contribution is 2.31. The van der Waals surface area contributed by atoms with Crippen LogP contribution in [-0.2, 0) is 16.1 Å². The maximum absolute atomic E-state index is 12.1. The van der Waals surface area contributed by atoms with Crippen LogP contribution < -0.4 is 9.64 Å². The summed E-state index contributed by atoms with van der Waals surface area (Å²) in [6.07, 6.45) is 4.09. The van der Waals surface area contributed by atoms with Crippen molar-refractivity contribution in [1.29, 1.82) is 4.78 Å². The highest BCUT2D eigenvalue weighted by atomic mass is 32.2. The van der Waals surface area contributed by atoms with Crippen molar-refractivity contribution >= 4 is 15.7 Å². The summed E-state index contributed by atoms with van der Waals surface area (Å²) in [4.78, 5) is 13.8. The van der Waals surface area contributed by atoms with Gasteiger partial charge in [0.25, 0.3) is 0 Å². The SMILES string of the molecule is CCS(=N)(=O)c1cnc(N2CCN(C(C)c3ccc4c(c3)OCC4)CC2)nc1. The summed E-state index contributed by atoms with van der Waals surface area (Å²) in [5, 5.41) is 0. The van der Waals surface area contributed by atoms with Crippen molar-refractivity contribution < 1.29 is 8.95 Å². The molecule has 8 heteroatoms. The number of piperazine rings is 1. The zero-order chi connectivity index (χ0) is 19.7. The second kappa shape index (κ2) is 7.67. The molecule has 7 nitrogen and oxygen atoms in total. The Hall–Kier alpha value is -2.19. The van der Waals surface area contributed by atoms with E-state index >= 15 is 0 Å². The number of nitrogens with zero attached hydrogens (tertiary/aromatic N) is 4. The summed E-state index contributed by atoms with van der Waals surface area (Å²) in [5.41, 5.74) is 2.60. The largest absolute Gasteiger partial charge is 0.493 e. The number of ether oxygens (including phenoxy) is 1. The van der Waals surface area contributed by atoms with Crippen LogP contribution in [0.5, 0.6) is 5.75 Å². The lowest BCUT2D eigenvalue weighted by molar-refractivity contribution is 0.197. The van der Waals surface area contributed by atoms with Gasteiger partial charge in [0.1, 0.15) is 5.75 Å². The Labute approximate surface area is 166 Å². The number of nitrogens with one attached hydrogen (secondary N) is 1. The number of fused-ring (bicyclic) bond motifs is 1. The van der Waals surface area contributed by atoms with E-state index < -0.39 is 9.73 Å². The van der Waals surface area contributed by atoms with Crippen LogP contribution in [0.4, 0.5) is 5.95 Å². The minimum Gasteiger partial charge on any atom is -0.493 e. The molecule has 1 aromatic heterocycles. The van der Waals surface area contributed by atoms with Gasteiger partial charge < -0.3 is 9.64 Å². The lowest BCUT2D eigenvalue weighted by Crippen LogP contribution is -2.47. The maximum atomic E-state index is 12.1. The third kappa shape index (κ3) is 3.71. The molecule has 1 fully saturated rings. The molecule has 2 aliphatic rings. The van der Waals surface area contributed by atoms with Gasteiger partial charge in [-0.15, -0.1) is 0 Å². The summed E-state index contributed by atoms with van der Waals surface area (Å²) >= 11 is 0. The molecule has 28 heavy (non-hydrogen) atoms. The molecule has 2 aliphatic heterocycles. The van der Waals surface area contributed by atoms with E-state index in [-0.39, 0.29) is 5.75 Å². The van der Waals surface area contributed by atoms with Crippen molar-refractivity contribution in [3.63, 3.8) is 0 Å². The lowest BCUT2D eigenvalue weighted by atomic mass is 10.0. The van der Waals surface area contributed by atoms with E-state index in [2.05, 4.69) is 44.9 Å². The van der Waals surface area contributed by atoms with Crippen molar-refractivity contribution in [2.24, 2.45) is 0 Å². The molecule has 150 valence electrons. The Balaban J connectivity index is 1.39. The number of anilines is 1. The Morgan fingerprint density at radius 2 is 1.93 bits per heavy atom. The van der Waals surface area contributed by atoms with Gasteiger partial charge in [0.15, 0.2) is 0 Å². The fourth-order valence-electron chi connectivity index (χ4n) is 3.77. The van der Waals surface area contributed by atoms with E-state index in [9.17, 15) is 4.21 Å². The second-order valence-corrected chi connectivity index (χ2v) is 9.75. The molecule has 2 aromatic rings. The van der Waals surface area contributed by atoms with Gasteiger partial charge in [-0.2, -0.15) is 0 Å². The topological polar surface area (TPSA) is 82.4 Å². The molecule has 1 saturated heterocycles.